The van der Waals surface area contributed by atoms with Crippen molar-refractivity contribution in [2.45, 2.75) is 27.2 Å². The quantitative estimate of drug-likeness (QED) is 0.710. The lowest BCUT2D eigenvalue weighted by atomic mass is 10.2. The second kappa shape index (κ2) is 6.09. The molecule has 92 valence electrons. The van der Waals surface area contributed by atoms with Gasteiger partial charge in [-0.25, -0.2) is 0 Å². The van der Waals surface area contributed by atoms with Gasteiger partial charge in [0.15, 0.2) is 17.4 Å². The van der Waals surface area contributed by atoms with Gasteiger partial charge in [-0.1, -0.05) is 13.8 Å². The largest absolute Gasteiger partial charge is 0.437 e. The normalized spacial score (nSPS) is 10.3. The molecule has 0 radical (unpaired) electrons. The Morgan fingerprint density at radius 3 is 2.71 bits per heavy atom. The molecule has 17 heavy (non-hydrogen) atoms. The molecule has 4 heteroatoms. The number of anilines is 1. The highest BCUT2D eigenvalue weighted by atomic mass is 16.4. The molecule has 0 bridgehead atoms. The van der Waals surface area contributed by atoms with Crippen molar-refractivity contribution in [2.24, 2.45) is 5.92 Å². The van der Waals surface area contributed by atoms with Gasteiger partial charge in [0.25, 0.3) is 0 Å². The second-order valence-corrected chi connectivity index (χ2v) is 4.44. The Hall–Kier alpha value is -1.76. The predicted octanol–water partition coefficient (Wildman–Crippen LogP) is 2.86. The number of hydrogen-bond acceptors (Lipinski definition) is 4. The molecule has 0 aliphatic heterocycles. The number of carbonyl (C=O) groups excluding carboxylic acids is 1. The molecular weight excluding hydrogens is 216 g/mol. The molecule has 0 spiro atoms. The molecule has 0 saturated heterocycles. The summed E-state index contributed by atoms with van der Waals surface area (Å²) in [5, 5.41) is 8.63. The van der Waals surface area contributed by atoms with E-state index in [0.29, 0.717) is 30.5 Å². The van der Waals surface area contributed by atoms with Crippen molar-refractivity contribution in [2.75, 3.05) is 18.0 Å². The number of ketones is 1. The van der Waals surface area contributed by atoms with E-state index in [1.165, 1.54) is 6.92 Å². The molecule has 0 unspecified atom stereocenters. The van der Waals surface area contributed by atoms with Crippen molar-refractivity contribution in [1.82, 2.24) is 0 Å². The maximum absolute atomic E-state index is 11.2. The van der Waals surface area contributed by atoms with Crippen LogP contribution in [-0.4, -0.2) is 18.9 Å². The molecule has 4 nitrogen and oxygen atoms in total. The lowest BCUT2D eigenvalue weighted by molar-refractivity contribution is 0.0987. The molecule has 0 saturated carbocycles. The van der Waals surface area contributed by atoms with Crippen LogP contribution >= 0.6 is 0 Å². The zero-order chi connectivity index (χ0) is 12.8. The molecular formula is C13H18N2O2. The third-order valence-corrected chi connectivity index (χ3v) is 2.33. The van der Waals surface area contributed by atoms with Crippen LogP contribution in [0.25, 0.3) is 0 Å². The first-order chi connectivity index (χ1) is 8.04. The van der Waals surface area contributed by atoms with Crippen molar-refractivity contribution >= 4 is 11.7 Å². The van der Waals surface area contributed by atoms with Gasteiger partial charge >= 0.3 is 0 Å². The van der Waals surface area contributed by atoms with Crippen LogP contribution in [0.3, 0.4) is 0 Å². The van der Waals surface area contributed by atoms with Gasteiger partial charge in [0.2, 0.25) is 0 Å². The van der Waals surface area contributed by atoms with Crippen LogP contribution in [0.1, 0.15) is 37.7 Å². The number of nitriles is 1. The van der Waals surface area contributed by atoms with E-state index >= 15 is 0 Å². The van der Waals surface area contributed by atoms with Crippen LogP contribution in [-0.2, 0) is 0 Å². The third-order valence-electron chi connectivity index (χ3n) is 2.33. The van der Waals surface area contributed by atoms with E-state index in [-0.39, 0.29) is 5.78 Å². The van der Waals surface area contributed by atoms with Crippen molar-refractivity contribution in [3.05, 3.63) is 17.9 Å². The molecule has 1 aromatic heterocycles. The van der Waals surface area contributed by atoms with Crippen molar-refractivity contribution in [3.63, 3.8) is 0 Å². The van der Waals surface area contributed by atoms with E-state index in [1.807, 2.05) is 4.90 Å². The van der Waals surface area contributed by atoms with Gasteiger partial charge in [-0.3, -0.25) is 4.79 Å². The summed E-state index contributed by atoms with van der Waals surface area (Å²) in [6.07, 6.45) is 0.447. The SMILES string of the molecule is CC(=O)c1ccc(N(CCC#N)CC(C)C)o1. The minimum atomic E-state index is -0.0824. The number of furan rings is 1. The fourth-order valence-corrected chi connectivity index (χ4v) is 1.60. The molecule has 0 aromatic carbocycles. The predicted molar refractivity (Wildman–Crippen MR) is 66.0 cm³/mol. The highest BCUT2D eigenvalue weighted by Gasteiger charge is 2.14. The van der Waals surface area contributed by atoms with Gasteiger partial charge < -0.3 is 9.32 Å². The lowest BCUT2D eigenvalue weighted by Gasteiger charge is -2.22. The monoisotopic (exact) mass is 234 g/mol. The molecule has 0 N–H and O–H groups in total. The van der Waals surface area contributed by atoms with E-state index in [1.54, 1.807) is 12.1 Å². The maximum Gasteiger partial charge on any atom is 0.196 e. The summed E-state index contributed by atoms with van der Waals surface area (Å²) in [5.41, 5.74) is 0. The molecule has 0 aliphatic rings. The first kappa shape index (κ1) is 13.3. The van der Waals surface area contributed by atoms with Crippen molar-refractivity contribution < 1.29 is 9.21 Å². The van der Waals surface area contributed by atoms with Gasteiger partial charge in [0.1, 0.15) is 0 Å². The van der Waals surface area contributed by atoms with E-state index in [4.69, 9.17) is 9.68 Å². The Kier molecular flexibility index (Phi) is 4.77. The molecule has 1 aromatic rings. The smallest absolute Gasteiger partial charge is 0.196 e. The van der Waals surface area contributed by atoms with Crippen molar-refractivity contribution in [3.8, 4) is 6.07 Å². The summed E-state index contributed by atoms with van der Waals surface area (Å²) in [4.78, 5) is 13.2. The van der Waals surface area contributed by atoms with Crippen LogP contribution in [0.15, 0.2) is 16.5 Å². The van der Waals surface area contributed by atoms with E-state index in [2.05, 4.69) is 19.9 Å². The zero-order valence-corrected chi connectivity index (χ0v) is 10.6. The average molecular weight is 234 g/mol. The molecule has 0 aliphatic carbocycles. The van der Waals surface area contributed by atoms with E-state index in [9.17, 15) is 4.79 Å². The third kappa shape index (κ3) is 3.95. The summed E-state index contributed by atoms with van der Waals surface area (Å²) in [6.45, 7) is 7.12. The summed E-state index contributed by atoms with van der Waals surface area (Å²) in [5.74, 6) is 1.42. The summed E-state index contributed by atoms with van der Waals surface area (Å²) in [7, 11) is 0. The standard InChI is InChI=1S/C13H18N2O2/c1-10(2)9-15(8-4-7-14)13-6-5-12(17-13)11(3)16/h5-6,10H,4,8-9H2,1-3H3. The number of carbonyl (C=O) groups is 1. The number of hydrogen-bond donors (Lipinski definition) is 0. The summed E-state index contributed by atoms with van der Waals surface area (Å²) >= 11 is 0. The summed E-state index contributed by atoms with van der Waals surface area (Å²) < 4.78 is 5.47. The van der Waals surface area contributed by atoms with E-state index in [0.717, 1.165) is 6.54 Å². The first-order valence-corrected chi connectivity index (χ1v) is 5.77. The fourth-order valence-electron chi connectivity index (χ4n) is 1.60. The minimum Gasteiger partial charge on any atom is -0.437 e. The van der Waals surface area contributed by atoms with Gasteiger partial charge in [-0.15, -0.1) is 0 Å². The second-order valence-electron chi connectivity index (χ2n) is 4.44. The highest BCUT2D eigenvalue weighted by molar-refractivity contribution is 5.91. The minimum absolute atomic E-state index is 0.0824. The first-order valence-electron chi connectivity index (χ1n) is 5.77. The van der Waals surface area contributed by atoms with Crippen LogP contribution in [0.2, 0.25) is 0 Å². The molecule has 0 atom stereocenters. The highest BCUT2D eigenvalue weighted by Crippen LogP contribution is 2.20. The Bertz CT molecular complexity index is 415. The number of rotatable bonds is 6. The summed E-state index contributed by atoms with van der Waals surface area (Å²) in [6, 6.07) is 5.59. The Labute approximate surface area is 102 Å². The van der Waals surface area contributed by atoms with Gasteiger partial charge in [0, 0.05) is 26.1 Å². The lowest BCUT2D eigenvalue weighted by Crippen LogP contribution is -2.28. The maximum atomic E-state index is 11.2. The molecule has 1 rings (SSSR count). The molecule has 0 amide bonds. The Morgan fingerprint density at radius 2 is 2.24 bits per heavy atom. The van der Waals surface area contributed by atoms with Crippen LogP contribution in [0.4, 0.5) is 5.88 Å². The zero-order valence-electron chi connectivity index (χ0n) is 10.6. The van der Waals surface area contributed by atoms with Crippen LogP contribution in [0, 0.1) is 17.2 Å². The number of nitrogens with zero attached hydrogens (tertiary/aromatic N) is 2. The van der Waals surface area contributed by atoms with Crippen LogP contribution in [0.5, 0.6) is 0 Å². The van der Waals surface area contributed by atoms with Gasteiger partial charge in [0.05, 0.1) is 12.5 Å². The van der Waals surface area contributed by atoms with Crippen molar-refractivity contribution in [1.29, 1.82) is 5.26 Å². The number of Topliss-reactive ketones (excluding diaryl/α,β-unsaturated/α-hetero) is 1. The molecule has 0 fully saturated rings. The average Bonchev–Trinajstić information content (AvgIpc) is 2.72. The van der Waals surface area contributed by atoms with Crippen LogP contribution < -0.4 is 4.90 Å². The molecule has 1 heterocycles. The Balaban J connectivity index is 2.80. The van der Waals surface area contributed by atoms with E-state index < -0.39 is 0 Å². The van der Waals surface area contributed by atoms with Gasteiger partial charge in [-0.2, -0.15) is 5.26 Å². The fraction of sp³-hybridized carbons (Fsp3) is 0.538. The topological polar surface area (TPSA) is 57.2 Å². The van der Waals surface area contributed by atoms with Gasteiger partial charge in [-0.05, 0) is 12.0 Å². The Morgan fingerprint density at radius 1 is 1.53 bits per heavy atom.